The van der Waals surface area contributed by atoms with Crippen molar-refractivity contribution in [3.8, 4) is 0 Å². The predicted molar refractivity (Wildman–Crippen MR) is 83.7 cm³/mol. The number of amides is 1. The average molecular weight is 285 g/mol. The first kappa shape index (κ1) is 13.8. The lowest BCUT2D eigenvalue weighted by molar-refractivity contribution is -0.899. The number of quaternary nitrogens is 1. The Morgan fingerprint density at radius 1 is 1.33 bits per heavy atom. The second kappa shape index (κ2) is 6.10. The second-order valence-corrected chi connectivity index (χ2v) is 5.47. The van der Waals surface area contributed by atoms with E-state index in [1.54, 1.807) is 11.1 Å². The van der Waals surface area contributed by atoms with Crippen LogP contribution in [0.25, 0.3) is 10.9 Å². The Kier molecular flexibility index (Phi) is 4.01. The number of nitrogens with zero attached hydrogens (tertiary/aromatic N) is 1. The number of hydrazone groups is 1. The molecule has 1 aliphatic heterocycles. The number of piperidine rings is 1. The maximum absolute atomic E-state index is 12.2. The number of carbonyl (C=O) groups is 1. The summed E-state index contributed by atoms with van der Waals surface area (Å²) in [6.07, 6.45) is 3.68. The van der Waals surface area contributed by atoms with Gasteiger partial charge in [-0.1, -0.05) is 18.2 Å². The zero-order chi connectivity index (χ0) is 14.7. The van der Waals surface area contributed by atoms with Crippen LogP contribution >= 0.6 is 0 Å². The highest BCUT2D eigenvalue weighted by molar-refractivity contribution is 6.06. The molecule has 0 radical (unpaired) electrons. The normalized spacial score (nSPS) is 18.7. The monoisotopic (exact) mass is 285 g/mol. The quantitative estimate of drug-likeness (QED) is 0.723. The molecule has 1 fully saturated rings. The van der Waals surface area contributed by atoms with Gasteiger partial charge in [0.05, 0.1) is 25.2 Å². The molecule has 110 valence electrons. The SMILES string of the molecule is CC[NH+]1CCC(=NNC(=O)c2c[nH]c3ccccc23)CC1. The highest BCUT2D eigenvalue weighted by Crippen LogP contribution is 2.17. The van der Waals surface area contributed by atoms with E-state index in [2.05, 4.69) is 22.4 Å². The summed E-state index contributed by atoms with van der Waals surface area (Å²) in [5.74, 6) is -0.148. The molecule has 21 heavy (non-hydrogen) atoms. The van der Waals surface area contributed by atoms with Crippen molar-refractivity contribution in [1.29, 1.82) is 0 Å². The van der Waals surface area contributed by atoms with Crippen LogP contribution in [0.1, 0.15) is 30.1 Å². The van der Waals surface area contributed by atoms with Crippen LogP contribution < -0.4 is 10.3 Å². The van der Waals surface area contributed by atoms with Crippen molar-refractivity contribution in [1.82, 2.24) is 10.4 Å². The van der Waals surface area contributed by atoms with Crippen LogP contribution in [-0.2, 0) is 0 Å². The molecular weight excluding hydrogens is 264 g/mol. The predicted octanol–water partition coefficient (Wildman–Crippen LogP) is 0.952. The fourth-order valence-corrected chi connectivity index (χ4v) is 2.81. The molecule has 3 N–H and O–H groups in total. The molecule has 0 unspecified atom stereocenters. The molecule has 0 spiro atoms. The van der Waals surface area contributed by atoms with E-state index < -0.39 is 0 Å². The number of fused-ring (bicyclic) bond motifs is 1. The number of carbonyl (C=O) groups excluding carboxylic acids is 1. The van der Waals surface area contributed by atoms with Crippen LogP contribution in [0.5, 0.6) is 0 Å². The number of nitrogens with one attached hydrogen (secondary N) is 3. The largest absolute Gasteiger partial charge is 0.360 e. The molecule has 0 atom stereocenters. The summed E-state index contributed by atoms with van der Waals surface area (Å²) in [6.45, 7) is 5.59. The van der Waals surface area contributed by atoms with E-state index in [0.29, 0.717) is 5.56 Å². The molecule has 2 aromatic rings. The fraction of sp³-hybridized carbons (Fsp3) is 0.375. The van der Waals surface area contributed by atoms with Crippen molar-refractivity contribution < 1.29 is 9.69 Å². The van der Waals surface area contributed by atoms with Crippen molar-refractivity contribution in [3.63, 3.8) is 0 Å². The fourth-order valence-electron chi connectivity index (χ4n) is 2.81. The van der Waals surface area contributed by atoms with Crippen molar-refractivity contribution in [2.24, 2.45) is 5.10 Å². The van der Waals surface area contributed by atoms with Gasteiger partial charge in [-0.3, -0.25) is 4.79 Å². The van der Waals surface area contributed by atoms with Gasteiger partial charge in [0, 0.05) is 35.7 Å². The van der Waals surface area contributed by atoms with Gasteiger partial charge >= 0.3 is 0 Å². The van der Waals surface area contributed by atoms with Gasteiger partial charge in [0.1, 0.15) is 0 Å². The van der Waals surface area contributed by atoms with E-state index in [1.165, 1.54) is 0 Å². The Labute approximate surface area is 124 Å². The summed E-state index contributed by atoms with van der Waals surface area (Å²) >= 11 is 0. The number of rotatable bonds is 3. The lowest BCUT2D eigenvalue weighted by Gasteiger charge is -2.23. The van der Waals surface area contributed by atoms with Crippen LogP contribution in [0.15, 0.2) is 35.6 Å². The summed E-state index contributed by atoms with van der Waals surface area (Å²) in [5, 5.41) is 5.24. The standard InChI is InChI=1S/C16H20N4O/c1-2-20-9-7-12(8-10-20)18-19-16(21)14-11-17-15-6-4-3-5-13(14)15/h3-6,11,17H,2,7-10H2,1H3,(H,19,21)/p+1. The minimum absolute atomic E-state index is 0.148. The van der Waals surface area contributed by atoms with E-state index in [-0.39, 0.29) is 5.91 Å². The molecule has 3 rings (SSSR count). The molecule has 1 amide bonds. The molecule has 1 aromatic heterocycles. The molecule has 0 aliphatic carbocycles. The Morgan fingerprint density at radius 3 is 2.86 bits per heavy atom. The van der Waals surface area contributed by atoms with Gasteiger partial charge < -0.3 is 9.88 Å². The first-order valence-electron chi connectivity index (χ1n) is 7.53. The summed E-state index contributed by atoms with van der Waals surface area (Å²) in [5.41, 5.74) is 5.41. The Balaban J connectivity index is 1.67. The smallest absolute Gasteiger partial charge is 0.273 e. The van der Waals surface area contributed by atoms with Crippen molar-refractivity contribution in [2.75, 3.05) is 19.6 Å². The lowest BCUT2D eigenvalue weighted by Crippen LogP contribution is -3.12. The number of hydrogen-bond acceptors (Lipinski definition) is 2. The minimum Gasteiger partial charge on any atom is -0.360 e. The number of para-hydroxylation sites is 1. The van der Waals surface area contributed by atoms with E-state index >= 15 is 0 Å². The summed E-state index contributed by atoms with van der Waals surface area (Å²) < 4.78 is 0. The minimum atomic E-state index is -0.148. The molecule has 5 heteroatoms. The molecule has 1 saturated heterocycles. The number of hydrogen-bond donors (Lipinski definition) is 3. The van der Waals surface area contributed by atoms with E-state index in [1.807, 2.05) is 24.3 Å². The number of aromatic nitrogens is 1. The number of benzene rings is 1. The Bertz CT molecular complexity index is 664. The van der Waals surface area contributed by atoms with Gasteiger partial charge in [0.2, 0.25) is 0 Å². The van der Waals surface area contributed by atoms with Crippen LogP contribution in [0.3, 0.4) is 0 Å². The number of H-pyrrole nitrogens is 1. The molecule has 5 nitrogen and oxygen atoms in total. The molecule has 0 saturated carbocycles. The lowest BCUT2D eigenvalue weighted by atomic mass is 10.1. The molecule has 2 heterocycles. The second-order valence-electron chi connectivity index (χ2n) is 5.47. The summed E-state index contributed by atoms with van der Waals surface area (Å²) in [4.78, 5) is 17.0. The molecule has 1 aromatic carbocycles. The van der Waals surface area contributed by atoms with Crippen LogP contribution in [0.2, 0.25) is 0 Å². The van der Waals surface area contributed by atoms with Crippen LogP contribution in [0, 0.1) is 0 Å². The van der Waals surface area contributed by atoms with E-state index in [4.69, 9.17) is 0 Å². The first-order chi connectivity index (χ1) is 10.3. The van der Waals surface area contributed by atoms with Crippen molar-refractivity contribution in [2.45, 2.75) is 19.8 Å². The van der Waals surface area contributed by atoms with Gasteiger partial charge in [-0.2, -0.15) is 5.10 Å². The molecule has 1 aliphatic rings. The van der Waals surface area contributed by atoms with Gasteiger partial charge in [0.25, 0.3) is 5.91 Å². The number of aromatic amines is 1. The number of likely N-dealkylation sites (tertiary alicyclic amines) is 1. The third-order valence-corrected chi connectivity index (χ3v) is 4.18. The third kappa shape index (κ3) is 2.97. The zero-order valence-electron chi connectivity index (χ0n) is 12.3. The highest BCUT2D eigenvalue weighted by Gasteiger charge is 2.17. The Morgan fingerprint density at radius 2 is 2.10 bits per heavy atom. The maximum atomic E-state index is 12.2. The van der Waals surface area contributed by atoms with Crippen LogP contribution in [0.4, 0.5) is 0 Å². The van der Waals surface area contributed by atoms with Crippen LogP contribution in [-0.4, -0.2) is 36.2 Å². The third-order valence-electron chi connectivity index (χ3n) is 4.18. The van der Waals surface area contributed by atoms with Gasteiger partial charge in [-0.25, -0.2) is 5.43 Å². The van der Waals surface area contributed by atoms with E-state index in [0.717, 1.165) is 49.1 Å². The first-order valence-corrected chi connectivity index (χ1v) is 7.53. The average Bonchev–Trinajstić information content (AvgIpc) is 2.97. The topological polar surface area (TPSA) is 61.7 Å². The molecule has 0 bridgehead atoms. The van der Waals surface area contributed by atoms with E-state index in [9.17, 15) is 4.79 Å². The van der Waals surface area contributed by atoms with Gasteiger partial charge in [0.15, 0.2) is 0 Å². The van der Waals surface area contributed by atoms with Gasteiger partial charge in [-0.15, -0.1) is 0 Å². The highest BCUT2D eigenvalue weighted by atomic mass is 16.2. The maximum Gasteiger partial charge on any atom is 0.273 e. The van der Waals surface area contributed by atoms with Crippen molar-refractivity contribution in [3.05, 3.63) is 36.0 Å². The van der Waals surface area contributed by atoms with Crippen molar-refractivity contribution >= 4 is 22.5 Å². The summed E-state index contributed by atoms with van der Waals surface area (Å²) in [6, 6.07) is 7.78. The zero-order valence-corrected chi connectivity index (χ0v) is 12.3. The summed E-state index contributed by atoms with van der Waals surface area (Å²) in [7, 11) is 0. The van der Waals surface area contributed by atoms with Gasteiger partial charge in [-0.05, 0) is 13.0 Å². The Hall–Kier alpha value is -2.14. The molecular formula is C16H21N4O+.